The van der Waals surface area contributed by atoms with E-state index >= 15 is 0 Å². The summed E-state index contributed by atoms with van der Waals surface area (Å²) in [4.78, 5) is 21.0. The van der Waals surface area contributed by atoms with E-state index in [1.165, 1.54) is 18.2 Å². The van der Waals surface area contributed by atoms with Gasteiger partial charge in [0.15, 0.2) is 0 Å². The largest absolute Gasteiger partial charge is 0.438 e. The molecule has 0 aromatic heterocycles. The molecule has 0 fully saturated rings. The molecule has 0 saturated heterocycles. The zero-order valence-corrected chi connectivity index (χ0v) is 14.7. The first-order valence-electron chi connectivity index (χ1n) is 6.17. The van der Waals surface area contributed by atoms with E-state index in [1.54, 1.807) is 20.8 Å². The van der Waals surface area contributed by atoms with Crippen LogP contribution in [0.15, 0.2) is 28.7 Å². The Morgan fingerprint density at radius 1 is 1.32 bits per heavy atom. The second-order valence-corrected chi connectivity index (χ2v) is 8.19. The first-order chi connectivity index (χ1) is 9.89. The number of halogens is 3. The summed E-state index contributed by atoms with van der Waals surface area (Å²) in [6.45, 7) is 3.60. The highest BCUT2D eigenvalue weighted by Crippen LogP contribution is 2.64. The second kappa shape index (κ2) is 6.74. The van der Waals surface area contributed by atoms with Gasteiger partial charge in [0.2, 0.25) is 6.79 Å². The van der Waals surface area contributed by atoms with Crippen molar-refractivity contribution in [3.05, 3.63) is 34.3 Å². The van der Waals surface area contributed by atoms with Crippen molar-refractivity contribution in [1.29, 1.82) is 0 Å². The molecular formula is C13H16BrF2O5P. The average molecular weight is 401 g/mol. The van der Waals surface area contributed by atoms with Crippen molar-refractivity contribution in [2.75, 3.05) is 6.79 Å². The Kier molecular flexibility index (Phi) is 5.89. The molecule has 5 nitrogen and oxygen atoms in total. The molecule has 0 aliphatic carbocycles. The molecule has 22 heavy (non-hydrogen) atoms. The minimum atomic E-state index is -5.39. The zero-order chi connectivity index (χ0) is 17.2. The quantitative estimate of drug-likeness (QED) is 0.454. The van der Waals surface area contributed by atoms with Crippen LogP contribution in [0.5, 0.6) is 0 Å². The Bertz CT molecular complexity index is 600. The lowest BCUT2D eigenvalue weighted by atomic mass is 9.98. The van der Waals surface area contributed by atoms with Crippen LogP contribution < -0.4 is 0 Å². The minimum Gasteiger partial charge on any atom is -0.438 e. The number of ether oxygens (including phenoxy) is 1. The molecule has 9 heteroatoms. The van der Waals surface area contributed by atoms with Gasteiger partial charge in [-0.25, -0.2) is 0 Å². The highest BCUT2D eigenvalue weighted by atomic mass is 79.9. The third-order valence-electron chi connectivity index (χ3n) is 2.58. The van der Waals surface area contributed by atoms with Gasteiger partial charge in [-0.3, -0.25) is 13.9 Å². The number of esters is 1. The van der Waals surface area contributed by atoms with E-state index in [-0.39, 0.29) is 4.47 Å². The summed E-state index contributed by atoms with van der Waals surface area (Å²) in [5.74, 6) is -0.739. The molecule has 0 radical (unpaired) electrons. The summed E-state index contributed by atoms with van der Waals surface area (Å²) < 4.78 is 48.9. The minimum absolute atomic E-state index is 0.0374. The smallest absolute Gasteiger partial charge is 0.404 e. The van der Waals surface area contributed by atoms with Crippen LogP contribution in [0.2, 0.25) is 0 Å². The average Bonchev–Trinajstić information content (AvgIpc) is 2.37. The maximum absolute atomic E-state index is 14.1. The van der Waals surface area contributed by atoms with Crippen molar-refractivity contribution in [2.24, 2.45) is 5.41 Å². The Morgan fingerprint density at radius 2 is 1.86 bits per heavy atom. The standard InChI is InChI=1S/C13H16BrF2O5P/c1-12(2,3)11(17)20-8-21-22(18,19)13(15,16)9-6-4-5-7-10(9)14/h4-7H,8H2,1-3H3,(H,18,19). The molecule has 124 valence electrons. The maximum atomic E-state index is 14.1. The fourth-order valence-electron chi connectivity index (χ4n) is 1.31. The van der Waals surface area contributed by atoms with Crippen LogP contribution in [-0.2, 0) is 24.3 Å². The molecule has 1 unspecified atom stereocenters. The van der Waals surface area contributed by atoms with E-state index in [2.05, 4.69) is 25.2 Å². The van der Waals surface area contributed by atoms with Gasteiger partial charge >= 0.3 is 19.2 Å². The zero-order valence-electron chi connectivity index (χ0n) is 12.2. The molecule has 1 aromatic carbocycles. The molecule has 1 N–H and O–H groups in total. The first kappa shape index (κ1) is 19.2. The monoisotopic (exact) mass is 400 g/mol. The highest BCUT2D eigenvalue weighted by molar-refractivity contribution is 9.10. The van der Waals surface area contributed by atoms with E-state index in [1.807, 2.05) is 0 Å². The molecule has 0 heterocycles. The summed E-state index contributed by atoms with van der Waals surface area (Å²) in [5.41, 5.74) is -5.72. The van der Waals surface area contributed by atoms with E-state index in [9.17, 15) is 23.0 Å². The molecule has 1 aromatic rings. The van der Waals surface area contributed by atoms with Crippen molar-refractivity contribution in [3.63, 3.8) is 0 Å². The van der Waals surface area contributed by atoms with Gasteiger partial charge in [-0.15, -0.1) is 0 Å². The fraction of sp³-hybridized carbons (Fsp3) is 0.462. The lowest BCUT2D eigenvalue weighted by molar-refractivity contribution is -0.160. The molecule has 1 rings (SSSR count). The van der Waals surface area contributed by atoms with Crippen LogP contribution in [0.25, 0.3) is 0 Å². The Balaban J connectivity index is 2.84. The summed E-state index contributed by atoms with van der Waals surface area (Å²) in [5, 5.41) is 0. The van der Waals surface area contributed by atoms with Gasteiger partial charge in [-0.2, -0.15) is 8.78 Å². The third-order valence-corrected chi connectivity index (χ3v) is 4.68. The molecule has 0 bridgehead atoms. The number of hydrogen-bond donors (Lipinski definition) is 1. The van der Waals surface area contributed by atoms with E-state index in [0.717, 1.165) is 6.07 Å². The summed E-state index contributed by atoms with van der Waals surface area (Å²) in [7, 11) is -5.39. The van der Waals surface area contributed by atoms with Crippen LogP contribution in [0, 0.1) is 5.41 Å². The first-order valence-corrected chi connectivity index (χ1v) is 8.54. The molecule has 0 spiro atoms. The lowest BCUT2D eigenvalue weighted by Gasteiger charge is -2.24. The van der Waals surface area contributed by atoms with Crippen LogP contribution in [-0.4, -0.2) is 17.7 Å². The van der Waals surface area contributed by atoms with Gasteiger partial charge in [-0.05, 0) is 26.8 Å². The Morgan fingerprint density at radius 3 is 2.36 bits per heavy atom. The van der Waals surface area contributed by atoms with Gasteiger partial charge in [-0.1, -0.05) is 34.1 Å². The third kappa shape index (κ3) is 4.35. The SMILES string of the molecule is CC(C)(C)C(=O)OCOP(=O)(O)C(F)(F)c1ccccc1Br. The topological polar surface area (TPSA) is 72.8 Å². The van der Waals surface area contributed by atoms with Crippen LogP contribution in [0.3, 0.4) is 0 Å². The van der Waals surface area contributed by atoms with Crippen molar-refractivity contribution in [1.82, 2.24) is 0 Å². The van der Waals surface area contributed by atoms with Crippen LogP contribution in [0.1, 0.15) is 26.3 Å². The van der Waals surface area contributed by atoms with Crippen molar-refractivity contribution in [3.8, 4) is 0 Å². The molecule has 0 aliphatic rings. The second-order valence-electron chi connectivity index (χ2n) is 5.47. The number of carbonyl (C=O) groups is 1. The van der Waals surface area contributed by atoms with E-state index in [0.29, 0.717) is 0 Å². The number of benzene rings is 1. The molecule has 0 aliphatic heterocycles. The lowest BCUT2D eigenvalue weighted by Crippen LogP contribution is -2.25. The highest BCUT2D eigenvalue weighted by Gasteiger charge is 2.54. The molecule has 0 saturated carbocycles. The van der Waals surface area contributed by atoms with Gasteiger partial charge in [0.1, 0.15) is 0 Å². The predicted molar refractivity (Wildman–Crippen MR) is 79.4 cm³/mol. The van der Waals surface area contributed by atoms with Gasteiger partial charge in [0, 0.05) is 10.0 Å². The number of rotatable bonds is 5. The number of alkyl halides is 2. The summed E-state index contributed by atoms with van der Waals surface area (Å²) >= 11 is 2.89. The van der Waals surface area contributed by atoms with Gasteiger partial charge in [0.05, 0.1) is 5.41 Å². The number of carbonyl (C=O) groups excluding carboxylic acids is 1. The Hall–Kier alpha value is -0.820. The molecular weight excluding hydrogens is 385 g/mol. The summed E-state index contributed by atoms with van der Waals surface area (Å²) in [6.07, 6.45) is 0. The van der Waals surface area contributed by atoms with E-state index in [4.69, 9.17) is 0 Å². The fourth-order valence-corrected chi connectivity index (χ4v) is 2.85. The summed E-state index contributed by atoms with van der Waals surface area (Å²) in [6, 6.07) is 5.09. The maximum Gasteiger partial charge on any atom is 0.404 e. The van der Waals surface area contributed by atoms with Crippen molar-refractivity contribution >= 4 is 29.5 Å². The van der Waals surface area contributed by atoms with Crippen LogP contribution in [0.4, 0.5) is 8.78 Å². The Labute approximate surface area is 135 Å². The van der Waals surface area contributed by atoms with Crippen LogP contribution >= 0.6 is 23.5 Å². The molecule has 0 amide bonds. The molecule has 1 atom stereocenters. The van der Waals surface area contributed by atoms with Crippen molar-refractivity contribution < 1.29 is 32.3 Å². The predicted octanol–water partition coefficient (Wildman–Crippen LogP) is 4.25. The normalized spacial score (nSPS) is 15.2. The van der Waals surface area contributed by atoms with Gasteiger partial charge in [0.25, 0.3) is 0 Å². The van der Waals surface area contributed by atoms with Crippen molar-refractivity contribution in [2.45, 2.75) is 26.4 Å². The van der Waals surface area contributed by atoms with E-state index < -0.39 is 37.0 Å². The number of hydrogen-bond acceptors (Lipinski definition) is 4. The van der Waals surface area contributed by atoms with Gasteiger partial charge < -0.3 is 9.63 Å².